The van der Waals surface area contributed by atoms with Crippen molar-refractivity contribution in [2.75, 3.05) is 31.1 Å². The van der Waals surface area contributed by atoms with E-state index in [-0.39, 0.29) is 16.5 Å². The predicted octanol–water partition coefficient (Wildman–Crippen LogP) is 2.66. The van der Waals surface area contributed by atoms with Gasteiger partial charge in [-0.15, -0.1) is 0 Å². The molecule has 2 aromatic rings. The minimum atomic E-state index is -0.577. The number of nitrogens with zero attached hydrogens (tertiary/aromatic N) is 4. The lowest BCUT2D eigenvalue weighted by Crippen LogP contribution is -2.49. The van der Waals surface area contributed by atoms with Gasteiger partial charge in [-0.05, 0) is 19.1 Å². The number of rotatable bonds is 3. The maximum Gasteiger partial charge on any atom is 0.258 e. The molecule has 2 heterocycles. The molecular formula is C16H18ClFN4O. The van der Waals surface area contributed by atoms with Crippen LogP contribution in [0.3, 0.4) is 0 Å². The van der Waals surface area contributed by atoms with Gasteiger partial charge in [-0.3, -0.25) is 4.79 Å². The number of carbonyl (C=O) groups excluding carboxylic acids is 1. The van der Waals surface area contributed by atoms with E-state index in [0.29, 0.717) is 26.2 Å². The third-order valence-corrected chi connectivity index (χ3v) is 4.38. The number of imidazole rings is 1. The van der Waals surface area contributed by atoms with Gasteiger partial charge in [0.2, 0.25) is 5.95 Å². The monoisotopic (exact) mass is 336 g/mol. The highest BCUT2D eigenvalue weighted by Crippen LogP contribution is 2.22. The SMILES string of the molecule is CCn1ccnc1N1CCN(C(=O)c2c(F)cccc2Cl)CC1. The van der Waals surface area contributed by atoms with Crippen LogP contribution in [-0.2, 0) is 6.54 Å². The number of carbonyl (C=O) groups is 1. The average Bonchev–Trinajstić information content (AvgIpc) is 3.03. The van der Waals surface area contributed by atoms with Crippen LogP contribution in [0.25, 0.3) is 0 Å². The van der Waals surface area contributed by atoms with Gasteiger partial charge >= 0.3 is 0 Å². The molecule has 23 heavy (non-hydrogen) atoms. The van der Waals surface area contributed by atoms with Gasteiger partial charge in [0.1, 0.15) is 5.82 Å². The van der Waals surface area contributed by atoms with Gasteiger partial charge in [0.15, 0.2) is 0 Å². The van der Waals surface area contributed by atoms with Crippen molar-refractivity contribution < 1.29 is 9.18 Å². The van der Waals surface area contributed by atoms with Crippen molar-refractivity contribution in [3.8, 4) is 0 Å². The number of hydrogen-bond acceptors (Lipinski definition) is 3. The Morgan fingerprint density at radius 2 is 2.04 bits per heavy atom. The molecule has 0 radical (unpaired) electrons. The number of piperazine rings is 1. The summed E-state index contributed by atoms with van der Waals surface area (Å²) in [6.45, 7) is 5.26. The van der Waals surface area contributed by atoms with Crippen molar-refractivity contribution in [1.82, 2.24) is 14.5 Å². The van der Waals surface area contributed by atoms with E-state index in [2.05, 4.69) is 21.4 Å². The highest BCUT2D eigenvalue weighted by Gasteiger charge is 2.27. The molecule has 0 saturated carbocycles. The topological polar surface area (TPSA) is 41.4 Å². The fourth-order valence-electron chi connectivity index (χ4n) is 2.80. The number of hydrogen-bond donors (Lipinski definition) is 0. The van der Waals surface area contributed by atoms with Crippen LogP contribution >= 0.6 is 11.6 Å². The van der Waals surface area contributed by atoms with Crippen molar-refractivity contribution >= 4 is 23.5 Å². The zero-order chi connectivity index (χ0) is 16.4. The second-order valence-electron chi connectivity index (χ2n) is 5.39. The molecule has 0 spiro atoms. The predicted molar refractivity (Wildman–Crippen MR) is 87.4 cm³/mol. The number of benzene rings is 1. The molecule has 1 aliphatic rings. The Labute approximate surface area is 139 Å². The fraction of sp³-hybridized carbons (Fsp3) is 0.375. The molecule has 1 aromatic heterocycles. The highest BCUT2D eigenvalue weighted by atomic mass is 35.5. The molecule has 7 heteroatoms. The molecular weight excluding hydrogens is 319 g/mol. The zero-order valence-corrected chi connectivity index (χ0v) is 13.6. The second-order valence-corrected chi connectivity index (χ2v) is 5.80. The summed E-state index contributed by atoms with van der Waals surface area (Å²) in [5.41, 5.74) is -0.0438. The van der Waals surface area contributed by atoms with E-state index in [0.717, 1.165) is 12.5 Å². The van der Waals surface area contributed by atoms with Crippen molar-refractivity contribution in [2.45, 2.75) is 13.5 Å². The second kappa shape index (κ2) is 6.58. The smallest absolute Gasteiger partial charge is 0.258 e. The molecule has 0 N–H and O–H groups in total. The maximum absolute atomic E-state index is 13.9. The first-order valence-corrected chi connectivity index (χ1v) is 7.99. The minimum absolute atomic E-state index is 0.0438. The number of anilines is 1. The Morgan fingerprint density at radius 3 is 2.70 bits per heavy atom. The summed E-state index contributed by atoms with van der Waals surface area (Å²) in [4.78, 5) is 20.7. The molecule has 3 rings (SSSR count). The zero-order valence-electron chi connectivity index (χ0n) is 12.9. The summed E-state index contributed by atoms with van der Waals surface area (Å²) in [6, 6.07) is 4.29. The van der Waals surface area contributed by atoms with Crippen molar-refractivity contribution in [3.05, 3.63) is 47.0 Å². The van der Waals surface area contributed by atoms with E-state index < -0.39 is 5.82 Å². The third kappa shape index (κ3) is 3.03. The van der Waals surface area contributed by atoms with Crippen LogP contribution in [0.5, 0.6) is 0 Å². The van der Waals surface area contributed by atoms with Crippen LogP contribution in [0.15, 0.2) is 30.6 Å². The largest absolute Gasteiger partial charge is 0.339 e. The van der Waals surface area contributed by atoms with Gasteiger partial charge < -0.3 is 14.4 Å². The molecule has 5 nitrogen and oxygen atoms in total. The molecule has 1 fully saturated rings. The molecule has 0 bridgehead atoms. The molecule has 122 valence electrons. The van der Waals surface area contributed by atoms with E-state index in [9.17, 15) is 9.18 Å². The first kappa shape index (κ1) is 15.8. The molecule has 0 unspecified atom stereocenters. The standard InChI is InChI=1S/C16H18ClFN4O/c1-2-20-7-6-19-16(20)22-10-8-21(9-11-22)15(23)14-12(17)4-3-5-13(14)18/h3-7H,2,8-11H2,1H3. The van der Waals surface area contributed by atoms with Gasteiger partial charge in [-0.1, -0.05) is 17.7 Å². The summed E-state index contributed by atoms with van der Waals surface area (Å²) in [6.07, 6.45) is 3.71. The van der Waals surface area contributed by atoms with E-state index >= 15 is 0 Å². The number of amides is 1. The summed E-state index contributed by atoms with van der Waals surface area (Å²) >= 11 is 5.98. The quantitative estimate of drug-likeness (QED) is 0.865. The summed E-state index contributed by atoms with van der Waals surface area (Å²) < 4.78 is 16.0. The first-order valence-electron chi connectivity index (χ1n) is 7.61. The van der Waals surface area contributed by atoms with E-state index in [1.54, 1.807) is 11.1 Å². The lowest BCUT2D eigenvalue weighted by atomic mass is 10.1. The lowest BCUT2D eigenvalue weighted by molar-refractivity contribution is 0.0741. The molecule has 1 saturated heterocycles. The highest BCUT2D eigenvalue weighted by molar-refractivity contribution is 6.33. The number of aromatic nitrogens is 2. The van der Waals surface area contributed by atoms with Crippen molar-refractivity contribution in [2.24, 2.45) is 0 Å². The number of halogens is 2. The Kier molecular flexibility index (Phi) is 4.52. The molecule has 1 aromatic carbocycles. The van der Waals surface area contributed by atoms with Gasteiger partial charge in [0.05, 0.1) is 10.6 Å². The Morgan fingerprint density at radius 1 is 1.30 bits per heavy atom. The lowest BCUT2D eigenvalue weighted by Gasteiger charge is -2.35. The Bertz CT molecular complexity index is 690. The molecule has 0 atom stereocenters. The maximum atomic E-state index is 13.9. The van der Waals surface area contributed by atoms with Gasteiger partial charge in [0.25, 0.3) is 5.91 Å². The first-order chi connectivity index (χ1) is 11.1. The van der Waals surface area contributed by atoms with E-state index in [1.807, 2.05) is 6.20 Å². The van der Waals surface area contributed by atoms with Crippen LogP contribution in [0.2, 0.25) is 5.02 Å². The van der Waals surface area contributed by atoms with Gasteiger partial charge in [-0.2, -0.15) is 0 Å². The van der Waals surface area contributed by atoms with Crippen LogP contribution in [0.4, 0.5) is 10.3 Å². The Balaban J connectivity index is 1.71. The fourth-order valence-corrected chi connectivity index (χ4v) is 3.05. The molecule has 1 aliphatic heterocycles. The third-order valence-electron chi connectivity index (χ3n) is 4.06. The summed E-state index contributed by atoms with van der Waals surface area (Å²) in [5.74, 6) is -0.0263. The van der Waals surface area contributed by atoms with Gasteiger partial charge in [0, 0.05) is 45.1 Å². The van der Waals surface area contributed by atoms with Crippen LogP contribution < -0.4 is 4.90 Å². The normalized spacial score (nSPS) is 15.1. The van der Waals surface area contributed by atoms with E-state index in [4.69, 9.17) is 11.6 Å². The van der Waals surface area contributed by atoms with Crippen LogP contribution in [-0.4, -0.2) is 46.5 Å². The molecule has 0 aliphatic carbocycles. The van der Waals surface area contributed by atoms with E-state index in [1.165, 1.54) is 18.2 Å². The Hall–Kier alpha value is -2.08. The average molecular weight is 337 g/mol. The van der Waals surface area contributed by atoms with Crippen molar-refractivity contribution in [3.63, 3.8) is 0 Å². The van der Waals surface area contributed by atoms with Gasteiger partial charge in [-0.25, -0.2) is 9.37 Å². The number of aryl methyl sites for hydroxylation is 1. The minimum Gasteiger partial charge on any atom is -0.339 e. The van der Waals surface area contributed by atoms with Crippen LogP contribution in [0.1, 0.15) is 17.3 Å². The molecule has 1 amide bonds. The van der Waals surface area contributed by atoms with Crippen LogP contribution in [0, 0.1) is 5.82 Å². The summed E-state index contributed by atoms with van der Waals surface area (Å²) in [7, 11) is 0. The van der Waals surface area contributed by atoms with Crippen molar-refractivity contribution in [1.29, 1.82) is 0 Å². The summed E-state index contributed by atoms with van der Waals surface area (Å²) in [5, 5.41) is 0.152.